The fourth-order valence-electron chi connectivity index (χ4n) is 2.97. The summed E-state index contributed by atoms with van der Waals surface area (Å²) in [6.45, 7) is 5.07. The number of hydrogen-bond donors (Lipinski definition) is 1. The Hall–Kier alpha value is -3.56. The van der Waals surface area contributed by atoms with Gasteiger partial charge in [-0.1, -0.05) is 0 Å². The van der Waals surface area contributed by atoms with E-state index in [0.29, 0.717) is 5.69 Å². The molecule has 0 unspecified atom stereocenters. The highest BCUT2D eigenvalue weighted by molar-refractivity contribution is 6.02. The number of halogens is 5. The summed E-state index contributed by atoms with van der Waals surface area (Å²) in [5.41, 5.74) is 1.51. The van der Waals surface area contributed by atoms with Crippen LogP contribution in [-0.4, -0.2) is 19.0 Å². The van der Waals surface area contributed by atoms with Crippen molar-refractivity contribution in [2.75, 3.05) is 23.3 Å². The molecule has 32 heavy (non-hydrogen) atoms. The fourth-order valence-corrected chi connectivity index (χ4v) is 2.97. The molecule has 0 bridgehead atoms. The first-order valence-corrected chi connectivity index (χ1v) is 9.66. The number of amides is 1. The minimum Gasteiger partial charge on any atom is -0.479 e. The molecule has 0 saturated carbocycles. The van der Waals surface area contributed by atoms with Gasteiger partial charge in [0.25, 0.3) is 5.91 Å². The largest absolute Gasteiger partial charge is 0.479 e. The van der Waals surface area contributed by atoms with Gasteiger partial charge in [0, 0.05) is 24.5 Å². The van der Waals surface area contributed by atoms with Gasteiger partial charge >= 0.3 is 0 Å². The minimum atomic E-state index is -2.28. The van der Waals surface area contributed by atoms with Gasteiger partial charge in [-0.05, 0) is 50.2 Å². The summed E-state index contributed by atoms with van der Waals surface area (Å²) in [6, 6.07) is 9.73. The average molecular weight is 454 g/mol. The van der Waals surface area contributed by atoms with Crippen molar-refractivity contribution >= 4 is 17.3 Å². The molecule has 1 aromatic heterocycles. The predicted molar refractivity (Wildman–Crippen MR) is 107 cm³/mol. The van der Waals surface area contributed by atoms with Crippen LogP contribution in [0.1, 0.15) is 30.2 Å². The second-order valence-electron chi connectivity index (χ2n) is 6.63. The Morgan fingerprint density at radius 2 is 1.44 bits per heavy atom. The quantitative estimate of drug-likeness (QED) is 0.271. The van der Waals surface area contributed by atoms with Crippen LogP contribution in [0.2, 0.25) is 0 Å². The molecule has 3 aromatic rings. The zero-order valence-corrected chi connectivity index (χ0v) is 17.1. The van der Waals surface area contributed by atoms with Crippen molar-refractivity contribution in [1.29, 1.82) is 0 Å². The van der Waals surface area contributed by atoms with Crippen LogP contribution in [0, 0.1) is 29.1 Å². The Bertz CT molecular complexity index is 1080. The Morgan fingerprint density at radius 3 is 2.00 bits per heavy atom. The number of hydrogen-bond acceptors (Lipinski definition) is 4. The maximum Gasteiger partial charge on any atom is 0.291 e. The Kier molecular flexibility index (Phi) is 7.01. The molecule has 0 spiro atoms. The summed E-state index contributed by atoms with van der Waals surface area (Å²) >= 11 is 0. The number of nitrogens with one attached hydrogen (secondary N) is 1. The van der Waals surface area contributed by atoms with Crippen LogP contribution in [-0.2, 0) is 6.61 Å². The van der Waals surface area contributed by atoms with E-state index in [1.165, 1.54) is 12.1 Å². The number of rotatable bonds is 8. The number of nitrogens with zero attached hydrogens (tertiary/aromatic N) is 1. The maximum atomic E-state index is 13.7. The number of benzene rings is 2. The van der Waals surface area contributed by atoms with Crippen molar-refractivity contribution in [2.45, 2.75) is 20.5 Å². The number of anilines is 2. The molecule has 0 aliphatic carbocycles. The van der Waals surface area contributed by atoms with Crippen LogP contribution in [0.3, 0.4) is 0 Å². The third-order valence-corrected chi connectivity index (χ3v) is 4.67. The lowest BCUT2D eigenvalue weighted by Gasteiger charge is -2.21. The molecule has 0 aliphatic rings. The third-order valence-electron chi connectivity index (χ3n) is 4.67. The van der Waals surface area contributed by atoms with Gasteiger partial charge in [0.1, 0.15) is 12.4 Å². The fraction of sp³-hybridized carbons (Fsp3) is 0.227. The summed E-state index contributed by atoms with van der Waals surface area (Å²) in [6.07, 6.45) is 0. The van der Waals surface area contributed by atoms with Crippen LogP contribution in [0.15, 0.2) is 40.8 Å². The molecule has 170 valence electrons. The molecule has 3 rings (SSSR count). The van der Waals surface area contributed by atoms with Gasteiger partial charge in [-0.15, -0.1) is 0 Å². The zero-order chi connectivity index (χ0) is 23.4. The summed E-state index contributed by atoms with van der Waals surface area (Å²) < 4.78 is 76.8. The van der Waals surface area contributed by atoms with Gasteiger partial charge in [0.2, 0.25) is 29.1 Å². The molecular formula is C22H19F5N2O3. The van der Waals surface area contributed by atoms with Crippen molar-refractivity contribution in [3.05, 3.63) is 77.0 Å². The van der Waals surface area contributed by atoms with E-state index in [1.54, 1.807) is 12.1 Å². The van der Waals surface area contributed by atoms with E-state index in [0.717, 1.165) is 18.8 Å². The van der Waals surface area contributed by atoms with Crippen LogP contribution in [0.5, 0.6) is 5.75 Å². The number of furan rings is 1. The molecule has 1 heterocycles. The lowest BCUT2D eigenvalue weighted by molar-refractivity contribution is 0.0992. The second kappa shape index (κ2) is 9.71. The average Bonchev–Trinajstić information content (AvgIpc) is 3.27. The van der Waals surface area contributed by atoms with E-state index in [4.69, 9.17) is 9.15 Å². The lowest BCUT2D eigenvalue weighted by atomic mass is 10.2. The lowest BCUT2D eigenvalue weighted by Crippen LogP contribution is -2.21. The minimum absolute atomic E-state index is 0.0593. The van der Waals surface area contributed by atoms with Gasteiger partial charge in [-0.25, -0.2) is 13.2 Å². The standard InChI is InChI=1S/C22H19F5N2O3/c1-3-29(4-2)13-7-5-12(6-8-13)28-22(30)15-10-9-14(32-15)11-31-21-19(26)17(24)16(23)18(25)20(21)27/h5-10H,3-4,11H2,1-2H3,(H,28,30). The molecule has 2 aromatic carbocycles. The van der Waals surface area contributed by atoms with Crippen LogP contribution < -0.4 is 15.0 Å². The Balaban J connectivity index is 1.66. The van der Waals surface area contributed by atoms with Crippen molar-refractivity contribution in [2.24, 2.45) is 0 Å². The maximum absolute atomic E-state index is 13.7. The van der Waals surface area contributed by atoms with Crippen molar-refractivity contribution in [1.82, 2.24) is 0 Å². The van der Waals surface area contributed by atoms with Gasteiger partial charge in [-0.2, -0.15) is 8.78 Å². The summed E-state index contributed by atoms with van der Waals surface area (Å²) in [7, 11) is 0. The third kappa shape index (κ3) is 4.68. The number of carbonyl (C=O) groups is 1. The molecule has 1 N–H and O–H groups in total. The smallest absolute Gasteiger partial charge is 0.291 e. The highest BCUT2D eigenvalue weighted by Gasteiger charge is 2.27. The topological polar surface area (TPSA) is 54.7 Å². The highest BCUT2D eigenvalue weighted by Crippen LogP contribution is 2.30. The first kappa shape index (κ1) is 23.1. The second-order valence-corrected chi connectivity index (χ2v) is 6.63. The van der Waals surface area contributed by atoms with E-state index >= 15 is 0 Å². The zero-order valence-electron chi connectivity index (χ0n) is 17.1. The molecule has 0 saturated heterocycles. The van der Waals surface area contributed by atoms with Gasteiger partial charge in [0.15, 0.2) is 11.5 Å². The molecule has 10 heteroatoms. The molecule has 0 radical (unpaired) electrons. The van der Waals surface area contributed by atoms with Gasteiger partial charge < -0.3 is 19.4 Å². The van der Waals surface area contributed by atoms with E-state index in [2.05, 4.69) is 10.2 Å². The van der Waals surface area contributed by atoms with Gasteiger partial charge in [0.05, 0.1) is 0 Å². The molecular weight excluding hydrogens is 435 g/mol. The van der Waals surface area contributed by atoms with E-state index in [9.17, 15) is 26.7 Å². The summed E-state index contributed by atoms with van der Waals surface area (Å²) in [5.74, 6) is -12.9. The molecule has 1 amide bonds. The highest BCUT2D eigenvalue weighted by atomic mass is 19.2. The van der Waals surface area contributed by atoms with Crippen molar-refractivity contribution in [3.63, 3.8) is 0 Å². The normalized spacial score (nSPS) is 10.8. The van der Waals surface area contributed by atoms with Crippen LogP contribution in [0.25, 0.3) is 0 Å². The number of carbonyl (C=O) groups excluding carboxylic acids is 1. The Labute approximate surface area is 180 Å². The molecule has 0 atom stereocenters. The molecule has 0 aliphatic heterocycles. The van der Waals surface area contributed by atoms with E-state index in [-0.39, 0.29) is 11.5 Å². The first-order chi connectivity index (χ1) is 15.3. The number of ether oxygens (including phenoxy) is 1. The van der Waals surface area contributed by atoms with Crippen LogP contribution >= 0.6 is 0 Å². The summed E-state index contributed by atoms with van der Waals surface area (Å²) in [5, 5.41) is 2.63. The van der Waals surface area contributed by atoms with E-state index < -0.39 is 47.3 Å². The molecule has 0 fully saturated rings. The first-order valence-electron chi connectivity index (χ1n) is 9.66. The SMILES string of the molecule is CCN(CC)c1ccc(NC(=O)c2ccc(COc3c(F)c(F)c(F)c(F)c3F)o2)cc1. The predicted octanol–water partition coefficient (Wildman–Crippen LogP) is 5.65. The van der Waals surface area contributed by atoms with Crippen molar-refractivity contribution in [3.8, 4) is 5.75 Å². The Morgan fingerprint density at radius 1 is 0.875 bits per heavy atom. The van der Waals surface area contributed by atoms with Crippen molar-refractivity contribution < 1.29 is 35.9 Å². The molecule has 5 nitrogen and oxygen atoms in total. The van der Waals surface area contributed by atoms with E-state index in [1.807, 2.05) is 26.0 Å². The van der Waals surface area contributed by atoms with Crippen LogP contribution in [0.4, 0.5) is 33.3 Å². The summed E-state index contributed by atoms with van der Waals surface area (Å²) in [4.78, 5) is 14.5. The van der Waals surface area contributed by atoms with Gasteiger partial charge in [-0.3, -0.25) is 4.79 Å². The monoisotopic (exact) mass is 454 g/mol.